The predicted molar refractivity (Wildman–Crippen MR) is 83.4 cm³/mol. The third kappa shape index (κ3) is 5.04. The first kappa shape index (κ1) is 15.3. The number of aryl methyl sites for hydroxylation is 1. The van der Waals surface area contributed by atoms with Crippen LogP contribution in [0.15, 0.2) is 41.1 Å². The molecule has 0 bridgehead atoms. The minimum absolute atomic E-state index is 0.196. The molecule has 4 nitrogen and oxygen atoms in total. The summed E-state index contributed by atoms with van der Waals surface area (Å²) in [6.07, 6.45) is 1.15. The Kier molecular flexibility index (Phi) is 5.51. The van der Waals surface area contributed by atoms with Gasteiger partial charge in [-0.05, 0) is 46.5 Å². The molecule has 0 aliphatic rings. The average molecular weight is 303 g/mol. The van der Waals surface area contributed by atoms with Crippen molar-refractivity contribution in [3.8, 4) is 0 Å². The lowest BCUT2D eigenvalue weighted by Crippen LogP contribution is -2.21. The Hall–Kier alpha value is -2.14. The van der Waals surface area contributed by atoms with Gasteiger partial charge >= 0.3 is 5.97 Å². The fourth-order valence-corrected chi connectivity index (χ4v) is 2.45. The van der Waals surface area contributed by atoms with Crippen molar-refractivity contribution in [2.45, 2.75) is 19.8 Å². The fourth-order valence-electron chi connectivity index (χ4n) is 1.78. The lowest BCUT2D eigenvalue weighted by molar-refractivity contribution is -0.146. The number of esters is 1. The van der Waals surface area contributed by atoms with Gasteiger partial charge in [-0.3, -0.25) is 9.59 Å². The smallest absolute Gasteiger partial charge is 0.310 e. The zero-order chi connectivity index (χ0) is 15.1. The summed E-state index contributed by atoms with van der Waals surface area (Å²) in [5.41, 5.74) is 2.81. The molecule has 110 valence electrons. The predicted octanol–water partition coefficient (Wildman–Crippen LogP) is 3.03. The highest BCUT2D eigenvalue weighted by molar-refractivity contribution is 7.07. The first-order valence-corrected chi connectivity index (χ1v) is 7.67. The molecular formula is C16H17NO3S. The van der Waals surface area contributed by atoms with Gasteiger partial charge < -0.3 is 10.1 Å². The van der Waals surface area contributed by atoms with Gasteiger partial charge in [-0.1, -0.05) is 19.1 Å². The van der Waals surface area contributed by atoms with Crippen LogP contribution in [0.2, 0.25) is 0 Å². The highest BCUT2D eigenvalue weighted by Gasteiger charge is 2.09. The van der Waals surface area contributed by atoms with Gasteiger partial charge in [-0.15, -0.1) is 0 Å². The van der Waals surface area contributed by atoms with Crippen molar-refractivity contribution < 1.29 is 14.3 Å². The number of benzene rings is 1. The molecule has 2 rings (SSSR count). The molecule has 1 N–H and O–H groups in total. The van der Waals surface area contributed by atoms with Crippen LogP contribution >= 0.6 is 11.3 Å². The summed E-state index contributed by atoms with van der Waals surface area (Å²) in [6, 6.07) is 9.45. The Morgan fingerprint density at radius 3 is 2.52 bits per heavy atom. The standard InChI is InChI=1S/C16H17NO3S/c1-2-12-3-5-14(6-4-12)17-15(18)10-20-16(19)9-13-7-8-21-11-13/h3-8,11H,2,9-10H2,1H3,(H,17,18). The first-order valence-electron chi connectivity index (χ1n) is 6.73. The SMILES string of the molecule is CCc1ccc(NC(=O)COC(=O)Cc2ccsc2)cc1. The van der Waals surface area contributed by atoms with Gasteiger partial charge in [0.15, 0.2) is 6.61 Å². The van der Waals surface area contributed by atoms with Gasteiger partial charge in [-0.2, -0.15) is 11.3 Å². The molecule has 1 heterocycles. The van der Waals surface area contributed by atoms with Crippen LogP contribution in [0.1, 0.15) is 18.1 Å². The van der Waals surface area contributed by atoms with Crippen LogP contribution < -0.4 is 5.32 Å². The molecule has 0 saturated heterocycles. The number of hydrogen-bond donors (Lipinski definition) is 1. The minimum Gasteiger partial charge on any atom is -0.455 e. The van der Waals surface area contributed by atoms with E-state index in [9.17, 15) is 9.59 Å². The molecule has 1 amide bonds. The van der Waals surface area contributed by atoms with E-state index in [1.54, 1.807) is 0 Å². The van der Waals surface area contributed by atoms with Gasteiger partial charge in [0.2, 0.25) is 0 Å². The molecule has 0 unspecified atom stereocenters. The number of anilines is 1. The Bertz CT molecular complexity index is 590. The largest absolute Gasteiger partial charge is 0.455 e. The van der Waals surface area contributed by atoms with Crippen LogP contribution in [0.4, 0.5) is 5.69 Å². The fraction of sp³-hybridized carbons (Fsp3) is 0.250. The van der Waals surface area contributed by atoms with Gasteiger partial charge in [0.1, 0.15) is 0 Å². The summed E-state index contributed by atoms with van der Waals surface area (Å²) in [5, 5.41) is 6.48. The molecule has 0 atom stereocenters. The number of nitrogens with one attached hydrogen (secondary N) is 1. The van der Waals surface area contributed by atoms with E-state index in [4.69, 9.17) is 4.74 Å². The Morgan fingerprint density at radius 2 is 1.90 bits per heavy atom. The van der Waals surface area contributed by atoms with Gasteiger partial charge in [0.05, 0.1) is 6.42 Å². The topological polar surface area (TPSA) is 55.4 Å². The number of rotatable bonds is 6. The molecule has 1 aromatic heterocycles. The normalized spacial score (nSPS) is 10.1. The minimum atomic E-state index is -0.398. The summed E-state index contributed by atoms with van der Waals surface area (Å²) in [5.74, 6) is -0.734. The number of carbonyl (C=O) groups excluding carboxylic acids is 2. The summed E-state index contributed by atoms with van der Waals surface area (Å²) in [6.45, 7) is 1.80. The zero-order valence-corrected chi connectivity index (χ0v) is 12.6. The van der Waals surface area contributed by atoms with Crippen molar-refractivity contribution in [2.75, 3.05) is 11.9 Å². The molecular weight excluding hydrogens is 286 g/mol. The van der Waals surface area contributed by atoms with E-state index >= 15 is 0 Å². The highest BCUT2D eigenvalue weighted by atomic mass is 32.1. The number of ether oxygens (including phenoxy) is 1. The van der Waals surface area contributed by atoms with Crippen LogP contribution in [0, 0.1) is 0 Å². The quantitative estimate of drug-likeness (QED) is 0.835. The number of thiophene rings is 1. The molecule has 2 aromatic rings. The maximum atomic E-state index is 11.7. The molecule has 0 radical (unpaired) electrons. The molecule has 0 fully saturated rings. The monoisotopic (exact) mass is 303 g/mol. The van der Waals surface area contributed by atoms with Crippen molar-refractivity contribution in [3.05, 3.63) is 52.2 Å². The number of amides is 1. The summed E-state index contributed by atoms with van der Waals surface area (Å²) in [7, 11) is 0. The number of hydrogen-bond acceptors (Lipinski definition) is 4. The molecule has 0 aliphatic carbocycles. The average Bonchev–Trinajstić information content (AvgIpc) is 2.99. The van der Waals surface area contributed by atoms with E-state index in [-0.39, 0.29) is 18.9 Å². The van der Waals surface area contributed by atoms with Crippen molar-refractivity contribution in [1.82, 2.24) is 0 Å². The highest BCUT2D eigenvalue weighted by Crippen LogP contribution is 2.10. The van der Waals surface area contributed by atoms with E-state index in [0.717, 1.165) is 12.0 Å². The molecule has 21 heavy (non-hydrogen) atoms. The van der Waals surface area contributed by atoms with Crippen molar-refractivity contribution in [1.29, 1.82) is 0 Å². The number of carbonyl (C=O) groups is 2. The second-order valence-corrected chi connectivity index (χ2v) is 5.35. The molecule has 0 spiro atoms. The molecule has 0 aliphatic heterocycles. The maximum absolute atomic E-state index is 11.7. The lowest BCUT2D eigenvalue weighted by Gasteiger charge is -2.07. The van der Waals surface area contributed by atoms with E-state index in [1.165, 1.54) is 16.9 Å². The summed E-state index contributed by atoms with van der Waals surface area (Å²) < 4.78 is 4.95. The lowest BCUT2D eigenvalue weighted by atomic mass is 10.1. The van der Waals surface area contributed by atoms with Gasteiger partial charge in [0.25, 0.3) is 5.91 Å². The van der Waals surface area contributed by atoms with Crippen molar-refractivity contribution in [2.24, 2.45) is 0 Å². The van der Waals surface area contributed by atoms with E-state index < -0.39 is 5.97 Å². The molecule has 5 heteroatoms. The van der Waals surface area contributed by atoms with E-state index in [1.807, 2.05) is 41.1 Å². The first-order chi connectivity index (χ1) is 10.2. The van der Waals surface area contributed by atoms with E-state index in [0.29, 0.717) is 5.69 Å². The molecule has 1 aromatic carbocycles. The van der Waals surface area contributed by atoms with Crippen molar-refractivity contribution in [3.63, 3.8) is 0 Å². The Labute approximate surface area is 127 Å². The third-order valence-electron chi connectivity index (χ3n) is 2.94. The maximum Gasteiger partial charge on any atom is 0.310 e. The van der Waals surface area contributed by atoms with Gasteiger partial charge in [0, 0.05) is 5.69 Å². The second kappa shape index (κ2) is 7.59. The zero-order valence-electron chi connectivity index (χ0n) is 11.8. The second-order valence-electron chi connectivity index (χ2n) is 4.57. The summed E-state index contributed by atoms with van der Waals surface area (Å²) in [4.78, 5) is 23.2. The van der Waals surface area contributed by atoms with Crippen LogP contribution in [0.5, 0.6) is 0 Å². The third-order valence-corrected chi connectivity index (χ3v) is 3.67. The van der Waals surface area contributed by atoms with E-state index in [2.05, 4.69) is 12.2 Å². The van der Waals surface area contributed by atoms with Crippen molar-refractivity contribution >= 4 is 28.9 Å². The van der Waals surface area contributed by atoms with Crippen LogP contribution in [0.25, 0.3) is 0 Å². The molecule has 0 saturated carbocycles. The van der Waals surface area contributed by atoms with Gasteiger partial charge in [-0.25, -0.2) is 0 Å². The Morgan fingerprint density at radius 1 is 1.14 bits per heavy atom. The van der Waals surface area contributed by atoms with Crippen LogP contribution in [0.3, 0.4) is 0 Å². The van der Waals surface area contributed by atoms with Crippen LogP contribution in [-0.4, -0.2) is 18.5 Å². The summed E-state index contributed by atoms with van der Waals surface area (Å²) >= 11 is 1.52. The Balaban J connectivity index is 1.75. The van der Waals surface area contributed by atoms with Crippen LogP contribution in [-0.2, 0) is 27.2 Å².